The number of rotatable bonds is 1. The molecule has 130 valence electrons. The lowest BCUT2D eigenvalue weighted by Crippen LogP contribution is -2.53. The van der Waals surface area contributed by atoms with Crippen LogP contribution >= 0.6 is 0 Å². The van der Waals surface area contributed by atoms with Gasteiger partial charge >= 0.3 is 0 Å². The minimum absolute atomic E-state index is 0.0267. The summed E-state index contributed by atoms with van der Waals surface area (Å²) in [4.78, 5) is 0. The van der Waals surface area contributed by atoms with Crippen molar-refractivity contribution >= 4 is 0 Å². The molecule has 2 nitrogen and oxygen atoms in total. The molecule has 0 bridgehead atoms. The topological polar surface area (TPSA) is 29.5 Å². The van der Waals surface area contributed by atoms with Gasteiger partial charge in [0.05, 0.1) is 19.5 Å². The first-order valence-electron chi connectivity index (χ1n) is 9.89. The Kier molecular flexibility index (Phi) is 3.83. The zero-order chi connectivity index (χ0) is 16.2. The van der Waals surface area contributed by atoms with Crippen molar-refractivity contribution in [3.8, 4) is 0 Å². The average Bonchev–Trinajstić information content (AvgIpc) is 2.85. The van der Waals surface area contributed by atoms with Crippen LogP contribution in [0.3, 0.4) is 0 Å². The van der Waals surface area contributed by atoms with Crippen LogP contribution in [0.2, 0.25) is 0 Å². The van der Waals surface area contributed by atoms with Crippen molar-refractivity contribution in [1.82, 2.24) is 0 Å². The lowest BCUT2D eigenvalue weighted by molar-refractivity contribution is -0.116. The predicted octanol–water partition coefficient (Wildman–Crippen LogP) is 4.92. The van der Waals surface area contributed by atoms with E-state index in [1.165, 1.54) is 44.9 Å². The van der Waals surface area contributed by atoms with Gasteiger partial charge in [0, 0.05) is 0 Å². The lowest BCUT2D eigenvalue weighted by Gasteiger charge is -2.60. The second kappa shape index (κ2) is 5.51. The summed E-state index contributed by atoms with van der Waals surface area (Å²) in [6.45, 7) is 5.09. The van der Waals surface area contributed by atoms with Crippen molar-refractivity contribution in [2.24, 2.45) is 34.5 Å². The normalized spacial score (nSPS) is 54.3. The highest BCUT2D eigenvalue weighted by Crippen LogP contribution is 2.67. The van der Waals surface area contributed by atoms with Crippen molar-refractivity contribution in [1.29, 1.82) is 0 Å². The van der Waals surface area contributed by atoms with Crippen molar-refractivity contribution < 1.29 is 9.84 Å². The van der Waals surface area contributed by atoms with E-state index >= 15 is 0 Å². The number of methoxy groups -OCH3 is 1. The number of allylic oxidation sites excluding steroid dienone is 1. The average molecular weight is 319 g/mol. The Hall–Kier alpha value is -0.500. The third kappa shape index (κ3) is 2.23. The van der Waals surface area contributed by atoms with Crippen molar-refractivity contribution in [2.45, 2.75) is 77.7 Å². The number of hydrogen-bond donors (Lipinski definition) is 1. The molecule has 2 unspecified atom stereocenters. The standard InChI is InChI=1S/C21H34O2/c1-20-10-8-16(22)12-14(20)4-6-17-18-7-5-15(13-23-3)21(18,2)11-9-19(17)20/h13-14,16-19,22H,4-12H2,1-3H3/b15-13+/t14?,16?,17-,18-,19+,20-,21+/m0/s1. The summed E-state index contributed by atoms with van der Waals surface area (Å²) in [5.41, 5.74) is 2.47. The fraction of sp³-hybridized carbons (Fsp3) is 0.905. The van der Waals surface area contributed by atoms with Gasteiger partial charge in [-0.05, 0) is 97.9 Å². The summed E-state index contributed by atoms with van der Waals surface area (Å²) in [6, 6.07) is 0. The van der Waals surface area contributed by atoms with Gasteiger partial charge in [0.1, 0.15) is 0 Å². The molecule has 4 saturated carbocycles. The fourth-order valence-corrected chi connectivity index (χ4v) is 7.42. The molecule has 1 N–H and O–H groups in total. The number of fused-ring (bicyclic) bond motifs is 5. The molecule has 0 aromatic carbocycles. The molecular weight excluding hydrogens is 284 g/mol. The first-order chi connectivity index (χ1) is 11.0. The van der Waals surface area contributed by atoms with Gasteiger partial charge in [0.25, 0.3) is 0 Å². The Morgan fingerprint density at radius 3 is 2.65 bits per heavy atom. The van der Waals surface area contributed by atoms with E-state index < -0.39 is 0 Å². The van der Waals surface area contributed by atoms with Gasteiger partial charge < -0.3 is 9.84 Å². The first kappa shape index (κ1) is 16.0. The second-order valence-electron chi connectivity index (χ2n) is 9.46. The summed E-state index contributed by atoms with van der Waals surface area (Å²) in [6.07, 6.45) is 13.5. The molecule has 0 spiro atoms. The van der Waals surface area contributed by atoms with E-state index in [0.717, 1.165) is 36.5 Å². The van der Waals surface area contributed by atoms with Gasteiger partial charge in [-0.25, -0.2) is 0 Å². The molecule has 0 aromatic rings. The largest absolute Gasteiger partial charge is 0.504 e. The number of ether oxygens (including phenoxy) is 1. The summed E-state index contributed by atoms with van der Waals surface area (Å²) in [5, 5.41) is 10.1. The summed E-state index contributed by atoms with van der Waals surface area (Å²) in [7, 11) is 1.80. The Labute approximate surface area is 141 Å². The van der Waals surface area contributed by atoms with Crippen LogP contribution in [0.25, 0.3) is 0 Å². The number of aliphatic hydroxyl groups is 1. The van der Waals surface area contributed by atoms with Gasteiger partial charge in [-0.1, -0.05) is 13.8 Å². The van der Waals surface area contributed by atoms with Crippen molar-refractivity contribution in [2.75, 3.05) is 7.11 Å². The van der Waals surface area contributed by atoms with Gasteiger partial charge in [-0.3, -0.25) is 0 Å². The fourth-order valence-electron chi connectivity index (χ4n) is 7.42. The number of hydrogen-bond acceptors (Lipinski definition) is 2. The molecule has 0 saturated heterocycles. The third-order valence-corrected chi connectivity index (χ3v) is 8.75. The zero-order valence-corrected chi connectivity index (χ0v) is 15.2. The highest BCUT2D eigenvalue weighted by Gasteiger charge is 2.58. The maximum atomic E-state index is 10.1. The predicted molar refractivity (Wildman–Crippen MR) is 92.8 cm³/mol. The Balaban J connectivity index is 1.62. The molecule has 23 heavy (non-hydrogen) atoms. The molecule has 7 atom stereocenters. The van der Waals surface area contributed by atoms with E-state index in [1.807, 2.05) is 0 Å². The van der Waals surface area contributed by atoms with Crippen molar-refractivity contribution in [3.05, 3.63) is 11.8 Å². The van der Waals surface area contributed by atoms with Crippen LogP contribution in [0, 0.1) is 34.5 Å². The maximum Gasteiger partial charge on any atom is 0.0822 e. The Morgan fingerprint density at radius 1 is 1.04 bits per heavy atom. The monoisotopic (exact) mass is 318 g/mol. The number of aliphatic hydroxyl groups excluding tert-OH is 1. The Bertz CT molecular complexity index is 498. The molecule has 0 aromatic heterocycles. The minimum atomic E-state index is -0.0267. The molecule has 4 fully saturated rings. The summed E-state index contributed by atoms with van der Waals surface area (Å²) in [5.74, 6) is 3.45. The second-order valence-corrected chi connectivity index (χ2v) is 9.46. The van der Waals surface area contributed by atoms with Gasteiger partial charge in [0.2, 0.25) is 0 Å². The zero-order valence-electron chi connectivity index (χ0n) is 15.2. The molecule has 0 radical (unpaired) electrons. The molecule has 4 aliphatic carbocycles. The Morgan fingerprint density at radius 2 is 1.87 bits per heavy atom. The van der Waals surface area contributed by atoms with E-state index in [0.29, 0.717) is 10.8 Å². The van der Waals surface area contributed by atoms with Crippen molar-refractivity contribution in [3.63, 3.8) is 0 Å². The molecule has 0 aliphatic heterocycles. The smallest absolute Gasteiger partial charge is 0.0822 e. The van der Waals surface area contributed by atoms with Crippen LogP contribution in [-0.4, -0.2) is 18.3 Å². The molecule has 0 heterocycles. The van der Waals surface area contributed by atoms with E-state index in [2.05, 4.69) is 20.1 Å². The molecule has 4 aliphatic rings. The molecular formula is C21H34O2. The van der Waals surface area contributed by atoms with E-state index in [4.69, 9.17) is 4.74 Å². The molecule has 0 amide bonds. The SMILES string of the molecule is CO/C=C1\CC[C@H]2[C@@H]3CCC4CC(O)CC[C@]4(C)[C@@H]3CC[C@]12C. The van der Waals surface area contributed by atoms with Crippen LogP contribution in [0.15, 0.2) is 11.8 Å². The highest BCUT2D eigenvalue weighted by atomic mass is 16.5. The highest BCUT2D eigenvalue weighted by molar-refractivity contribution is 5.22. The third-order valence-electron chi connectivity index (χ3n) is 8.75. The molecule has 2 heteroatoms. The van der Waals surface area contributed by atoms with Gasteiger partial charge in [0.15, 0.2) is 0 Å². The van der Waals surface area contributed by atoms with Crippen LogP contribution in [0.4, 0.5) is 0 Å². The van der Waals surface area contributed by atoms with Crippen LogP contribution in [0.5, 0.6) is 0 Å². The maximum absolute atomic E-state index is 10.1. The van der Waals surface area contributed by atoms with Gasteiger partial charge in [-0.2, -0.15) is 0 Å². The summed E-state index contributed by atoms with van der Waals surface area (Å²) >= 11 is 0. The quantitative estimate of drug-likeness (QED) is 0.695. The van der Waals surface area contributed by atoms with E-state index in [9.17, 15) is 5.11 Å². The first-order valence-corrected chi connectivity index (χ1v) is 9.89. The van der Waals surface area contributed by atoms with Crippen LogP contribution < -0.4 is 0 Å². The van der Waals surface area contributed by atoms with E-state index in [1.54, 1.807) is 12.7 Å². The van der Waals surface area contributed by atoms with Crippen LogP contribution in [0.1, 0.15) is 71.6 Å². The molecule has 4 rings (SSSR count). The van der Waals surface area contributed by atoms with E-state index in [-0.39, 0.29) is 6.10 Å². The van der Waals surface area contributed by atoms with Gasteiger partial charge in [-0.15, -0.1) is 0 Å². The lowest BCUT2D eigenvalue weighted by atomic mass is 9.45. The minimum Gasteiger partial charge on any atom is -0.504 e. The summed E-state index contributed by atoms with van der Waals surface area (Å²) < 4.78 is 5.40. The van der Waals surface area contributed by atoms with Crippen LogP contribution in [-0.2, 0) is 4.74 Å².